The van der Waals surface area contributed by atoms with E-state index < -0.39 is 0 Å². The van der Waals surface area contributed by atoms with Crippen molar-refractivity contribution < 1.29 is 44.5 Å². The summed E-state index contributed by atoms with van der Waals surface area (Å²) in [5, 5.41) is 20.0. The molecule has 5 nitrogen and oxygen atoms in total. The van der Waals surface area contributed by atoms with Gasteiger partial charge in [-0.3, -0.25) is 9.97 Å². The molecule has 134 valence electrons. The SMILES string of the molecule is CO.COc1ccnc2ccsc12.C[O-].Clc1ccnc2ccsc12.[Na+]. The second-order valence-corrected chi connectivity index (χ2v) is 6.32. The van der Waals surface area contributed by atoms with Gasteiger partial charge >= 0.3 is 29.6 Å². The van der Waals surface area contributed by atoms with Crippen LogP contribution in [0.2, 0.25) is 5.02 Å². The molecule has 0 aliphatic heterocycles. The topological polar surface area (TPSA) is 78.3 Å². The summed E-state index contributed by atoms with van der Waals surface area (Å²) in [6.07, 6.45) is 3.48. The average molecular weight is 421 g/mol. The zero-order chi connectivity index (χ0) is 18.7. The van der Waals surface area contributed by atoms with Gasteiger partial charge in [-0.25, -0.2) is 0 Å². The van der Waals surface area contributed by atoms with Crippen molar-refractivity contribution in [1.29, 1.82) is 0 Å². The van der Waals surface area contributed by atoms with E-state index in [2.05, 4.69) is 9.97 Å². The number of hydrogen-bond acceptors (Lipinski definition) is 7. The Morgan fingerprint density at radius 1 is 0.923 bits per heavy atom. The summed E-state index contributed by atoms with van der Waals surface area (Å²) in [6.45, 7) is 0. The van der Waals surface area contributed by atoms with Crippen molar-refractivity contribution in [2.75, 3.05) is 21.3 Å². The predicted octanol–water partition coefficient (Wildman–Crippen LogP) is 0.844. The number of thiophene rings is 2. The second kappa shape index (κ2) is 14.3. The Balaban J connectivity index is 0.000000393. The minimum absolute atomic E-state index is 0. The fraction of sp³-hybridized carbons (Fsp3) is 0.176. The summed E-state index contributed by atoms with van der Waals surface area (Å²) < 4.78 is 7.35. The summed E-state index contributed by atoms with van der Waals surface area (Å²) >= 11 is 9.14. The number of ether oxygens (including phenoxy) is 1. The molecule has 0 aliphatic rings. The smallest absolute Gasteiger partial charge is 0.857 e. The standard InChI is InChI=1S/C8H7NOS.C7H4ClNS.CH4O.CH3O.Na/c1-10-7-2-4-9-6-3-5-11-8(6)7;8-5-1-3-9-6-2-4-10-7(5)6;2*1-2;/h2-5H,1H3;1-4H;2H,1H3;1H3;/q;;;-1;+1. The maximum atomic E-state index is 8.25. The Morgan fingerprint density at radius 2 is 1.42 bits per heavy atom. The summed E-state index contributed by atoms with van der Waals surface area (Å²) in [4.78, 5) is 8.31. The molecule has 1 N–H and O–H groups in total. The first-order chi connectivity index (χ1) is 12.3. The van der Waals surface area contributed by atoms with E-state index >= 15 is 0 Å². The third-order valence-electron chi connectivity index (χ3n) is 2.82. The van der Waals surface area contributed by atoms with Gasteiger partial charge in [0.2, 0.25) is 0 Å². The Hall–Kier alpha value is -0.770. The molecule has 0 unspecified atom stereocenters. The van der Waals surface area contributed by atoms with E-state index in [1.807, 2.05) is 29.0 Å². The first-order valence-electron chi connectivity index (χ1n) is 6.99. The summed E-state index contributed by atoms with van der Waals surface area (Å²) in [5.41, 5.74) is 1.99. The number of nitrogens with zero attached hydrogens (tertiary/aromatic N) is 2. The normalized spacial score (nSPS) is 8.85. The molecule has 4 rings (SSSR count). The summed E-state index contributed by atoms with van der Waals surface area (Å²) in [7, 11) is 3.43. The third kappa shape index (κ3) is 6.75. The Labute approximate surface area is 187 Å². The van der Waals surface area contributed by atoms with E-state index in [-0.39, 0.29) is 29.6 Å². The van der Waals surface area contributed by atoms with Crippen LogP contribution in [-0.2, 0) is 0 Å². The van der Waals surface area contributed by atoms with Crippen LogP contribution < -0.4 is 39.4 Å². The average Bonchev–Trinajstić information content (AvgIpc) is 3.35. The predicted molar refractivity (Wildman–Crippen MR) is 105 cm³/mol. The first kappa shape index (κ1) is 25.2. The number of rotatable bonds is 1. The number of fused-ring (bicyclic) bond motifs is 2. The van der Waals surface area contributed by atoms with E-state index in [0.717, 1.165) is 45.4 Å². The Morgan fingerprint density at radius 3 is 1.96 bits per heavy atom. The molecule has 26 heavy (non-hydrogen) atoms. The molecule has 0 saturated carbocycles. The maximum Gasteiger partial charge on any atom is 1.00 e. The molecular formula is C17H18ClN2NaO3S2. The Kier molecular flexibility index (Phi) is 13.9. The first-order valence-corrected chi connectivity index (χ1v) is 9.13. The van der Waals surface area contributed by atoms with Crippen LogP contribution in [0.3, 0.4) is 0 Å². The molecule has 4 aromatic heterocycles. The maximum absolute atomic E-state index is 8.25. The third-order valence-corrected chi connectivity index (χ3v) is 5.11. The number of methoxy groups -OCH3 is 1. The number of pyridine rings is 2. The quantitative estimate of drug-likeness (QED) is 0.462. The summed E-state index contributed by atoms with van der Waals surface area (Å²) in [5.74, 6) is 0.907. The number of aromatic nitrogens is 2. The molecular weight excluding hydrogens is 403 g/mol. The van der Waals surface area contributed by atoms with Crippen LogP contribution in [0.25, 0.3) is 20.4 Å². The van der Waals surface area contributed by atoms with Crippen LogP contribution in [-0.4, -0.2) is 36.4 Å². The van der Waals surface area contributed by atoms with E-state index in [9.17, 15) is 0 Å². The van der Waals surface area contributed by atoms with Gasteiger partial charge in [0.1, 0.15) is 5.75 Å². The fourth-order valence-corrected chi connectivity index (χ4v) is 3.74. The van der Waals surface area contributed by atoms with E-state index in [1.54, 1.807) is 48.2 Å². The van der Waals surface area contributed by atoms with Gasteiger partial charge in [0.05, 0.1) is 32.6 Å². The van der Waals surface area contributed by atoms with Crippen LogP contribution in [0.5, 0.6) is 5.75 Å². The zero-order valence-corrected chi connectivity index (χ0v) is 19.4. The largest absolute Gasteiger partial charge is 1.00 e. The van der Waals surface area contributed by atoms with Gasteiger partial charge in [-0.2, -0.15) is 7.11 Å². The van der Waals surface area contributed by atoms with Crippen molar-refractivity contribution in [2.45, 2.75) is 0 Å². The van der Waals surface area contributed by atoms with Crippen molar-refractivity contribution in [3.63, 3.8) is 0 Å². The van der Waals surface area contributed by atoms with Crippen molar-refractivity contribution in [1.82, 2.24) is 9.97 Å². The van der Waals surface area contributed by atoms with Crippen molar-refractivity contribution in [3.05, 3.63) is 52.4 Å². The molecule has 4 aromatic rings. The molecule has 0 amide bonds. The van der Waals surface area contributed by atoms with E-state index in [1.165, 1.54) is 0 Å². The second-order valence-electron chi connectivity index (χ2n) is 4.08. The monoisotopic (exact) mass is 420 g/mol. The van der Waals surface area contributed by atoms with Crippen molar-refractivity contribution in [2.24, 2.45) is 0 Å². The molecule has 0 bridgehead atoms. The van der Waals surface area contributed by atoms with Gasteiger partial charge in [-0.1, -0.05) is 11.6 Å². The molecule has 9 heteroatoms. The van der Waals surface area contributed by atoms with Gasteiger partial charge < -0.3 is 14.9 Å². The van der Waals surface area contributed by atoms with Crippen LogP contribution in [0, 0.1) is 0 Å². The van der Waals surface area contributed by atoms with Crippen molar-refractivity contribution >= 4 is 54.7 Å². The molecule has 0 atom stereocenters. The number of halogens is 1. The van der Waals surface area contributed by atoms with E-state index in [0.29, 0.717) is 0 Å². The van der Waals surface area contributed by atoms with Crippen LogP contribution in [0.15, 0.2) is 47.4 Å². The molecule has 0 fully saturated rings. The van der Waals surface area contributed by atoms with Gasteiger partial charge in [0.25, 0.3) is 0 Å². The molecule has 0 aliphatic carbocycles. The molecule has 0 radical (unpaired) electrons. The minimum Gasteiger partial charge on any atom is -0.857 e. The molecule has 0 aromatic carbocycles. The minimum atomic E-state index is 0. The van der Waals surface area contributed by atoms with Crippen LogP contribution in [0.4, 0.5) is 0 Å². The number of aliphatic hydroxyl groups is 1. The van der Waals surface area contributed by atoms with Crippen LogP contribution in [0.1, 0.15) is 0 Å². The zero-order valence-electron chi connectivity index (χ0n) is 15.0. The van der Waals surface area contributed by atoms with Gasteiger partial charge in [0.15, 0.2) is 0 Å². The van der Waals surface area contributed by atoms with E-state index in [4.69, 9.17) is 26.6 Å². The van der Waals surface area contributed by atoms with Gasteiger partial charge in [-0.05, 0) is 35.0 Å². The summed E-state index contributed by atoms with van der Waals surface area (Å²) in [6, 6.07) is 7.63. The number of hydrogen-bond donors (Lipinski definition) is 1. The number of aliphatic hydroxyl groups excluding tert-OH is 1. The molecule has 0 spiro atoms. The molecule has 4 heterocycles. The van der Waals surface area contributed by atoms with Gasteiger partial charge in [-0.15, -0.1) is 22.7 Å². The van der Waals surface area contributed by atoms with Crippen molar-refractivity contribution in [3.8, 4) is 5.75 Å². The van der Waals surface area contributed by atoms with Gasteiger partial charge in [0, 0.05) is 19.5 Å². The van der Waals surface area contributed by atoms with Crippen LogP contribution >= 0.6 is 34.3 Å². The molecule has 0 saturated heterocycles. The fourth-order valence-electron chi connectivity index (χ4n) is 1.85. The Bertz CT molecular complexity index is 886.